The molecule has 0 aliphatic carbocycles. The quantitative estimate of drug-likeness (QED) is 0.758. The zero-order valence-corrected chi connectivity index (χ0v) is 10.4. The van der Waals surface area contributed by atoms with E-state index in [2.05, 4.69) is 25.4 Å². The molecule has 8 nitrogen and oxygen atoms in total. The Labute approximate surface area is 105 Å². The van der Waals surface area contributed by atoms with Gasteiger partial charge in [0.2, 0.25) is 17.8 Å². The van der Waals surface area contributed by atoms with Gasteiger partial charge in [0, 0.05) is 33.0 Å². The predicted molar refractivity (Wildman–Crippen MR) is 69.3 cm³/mol. The van der Waals surface area contributed by atoms with Gasteiger partial charge in [0.05, 0.1) is 6.54 Å². The van der Waals surface area contributed by atoms with Gasteiger partial charge in [-0.1, -0.05) is 0 Å². The molecular weight excluding hydrogens is 232 g/mol. The zero-order valence-electron chi connectivity index (χ0n) is 10.4. The Hall–Kier alpha value is -2.38. The van der Waals surface area contributed by atoms with E-state index in [1.165, 1.54) is 0 Å². The first-order valence-electron chi connectivity index (χ1n) is 5.55. The summed E-state index contributed by atoms with van der Waals surface area (Å²) in [7, 11) is 3.70. The van der Waals surface area contributed by atoms with Crippen LogP contribution in [0.4, 0.5) is 17.8 Å². The second-order valence-electron chi connectivity index (χ2n) is 3.91. The summed E-state index contributed by atoms with van der Waals surface area (Å²) in [4.78, 5) is 14.0. The number of hydrogen-bond acceptors (Lipinski definition) is 7. The molecule has 0 unspecified atom stereocenters. The second-order valence-corrected chi connectivity index (χ2v) is 3.91. The molecule has 2 rings (SSSR count). The van der Waals surface area contributed by atoms with E-state index in [0.717, 1.165) is 6.54 Å². The number of hydrogen-bond donors (Lipinski definition) is 2. The molecule has 2 heterocycles. The molecule has 96 valence electrons. The first-order chi connectivity index (χ1) is 8.65. The first kappa shape index (κ1) is 12.1. The SMILES string of the molecule is CN(C)c1nc(N)nc(NCCn2cccn2)n1. The van der Waals surface area contributed by atoms with Crippen LogP contribution in [0.2, 0.25) is 0 Å². The van der Waals surface area contributed by atoms with Crippen molar-refractivity contribution in [2.24, 2.45) is 0 Å². The van der Waals surface area contributed by atoms with Gasteiger partial charge in [-0.3, -0.25) is 4.68 Å². The molecule has 3 N–H and O–H groups in total. The largest absolute Gasteiger partial charge is 0.368 e. The Balaban J connectivity index is 1.96. The van der Waals surface area contributed by atoms with Gasteiger partial charge in [-0.25, -0.2) is 0 Å². The molecule has 8 heteroatoms. The third kappa shape index (κ3) is 3.06. The minimum Gasteiger partial charge on any atom is -0.368 e. The minimum absolute atomic E-state index is 0.204. The molecule has 0 bridgehead atoms. The normalized spacial score (nSPS) is 10.3. The lowest BCUT2D eigenvalue weighted by Crippen LogP contribution is -2.18. The summed E-state index contributed by atoms with van der Waals surface area (Å²) in [5.74, 6) is 1.21. The maximum absolute atomic E-state index is 5.62. The summed E-state index contributed by atoms with van der Waals surface area (Å²) < 4.78 is 1.82. The van der Waals surface area contributed by atoms with Crippen molar-refractivity contribution in [1.82, 2.24) is 24.7 Å². The van der Waals surface area contributed by atoms with Gasteiger partial charge < -0.3 is 16.0 Å². The van der Waals surface area contributed by atoms with Gasteiger partial charge >= 0.3 is 0 Å². The van der Waals surface area contributed by atoms with Crippen LogP contribution in [0.15, 0.2) is 18.5 Å². The number of nitrogen functional groups attached to an aromatic ring is 1. The fourth-order valence-electron chi connectivity index (χ4n) is 1.37. The summed E-state index contributed by atoms with van der Waals surface area (Å²) in [6.45, 7) is 1.40. The van der Waals surface area contributed by atoms with E-state index in [1.54, 1.807) is 11.1 Å². The predicted octanol–water partition coefficient (Wildman–Crippen LogP) is -0.172. The van der Waals surface area contributed by atoms with Crippen molar-refractivity contribution in [3.8, 4) is 0 Å². The molecule has 0 spiro atoms. The Morgan fingerprint density at radius 3 is 2.83 bits per heavy atom. The molecular formula is C10H16N8. The van der Waals surface area contributed by atoms with E-state index in [4.69, 9.17) is 5.73 Å². The van der Waals surface area contributed by atoms with E-state index < -0.39 is 0 Å². The first-order valence-corrected chi connectivity index (χ1v) is 5.55. The Bertz CT molecular complexity index is 493. The van der Waals surface area contributed by atoms with E-state index in [-0.39, 0.29) is 5.95 Å². The molecule has 2 aromatic rings. The van der Waals surface area contributed by atoms with Crippen LogP contribution in [0, 0.1) is 0 Å². The molecule has 0 radical (unpaired) electrons. The number of nitrogens with one attached hydrogen (secondary N) is 1. The van der Waals surface area contributed by atoms with Crippen LogP contribution >= 0.6 is 0 Å². The molecule has 0 saturated carbocycles. The average Bonchev–Trinajstić information content (AvgIpc) is 2.81. The van der Waals surface area contributed by atoms with E-state index in [9.17, 15) is 0 Å². The number of nitrogens with two attached hydrogens (primary N) is 1. The van der Waals surface area contributed by atoms with E-state index in [0.29, 0.717) is 18.4 Å². The lowest BCUT2D eigenvalue weighted by atomic mass is 10.6. The van der Waals surface area contributed by atoms with Crippen molar-refractivity contribution in [3.05, 3.63) is 18.5 Å². The Morgan fingerprint density at radius 1 is 1.33 bits per heavy atom. The topological polar surface area (TPSA) is 97.8 Å². The minimum atomic E-state index is 0.204. The number of rotatable bonds is 5. The molecule has 0 saturated heterocycles. The van der Waals surface area contributed by atoms with E-state index in [1.807, 2.05) is 31.0 Å². The number of aromatic nitrogens is 5. The molecule has 0 atom stereocenters. The lowest BCUT2D eigenvalue weighted by molar-refractivity contribution is 0.636. The van der Waals surface area contributed by atoms with Crippen molar-refractivity contribution < 1.29 is 0 Å². The van der Waals surface area contributed by atoms with Crippen molar-refractivity contribution in [1.29, 1.82) is 0 Å². The smallest absolute Gasteiger partial charge is 0.231 e. The molecule has 2 aromatic heterocycles. The third-order valence-corrected chi connectivity index (χ3v) is 2.22. The average molecular weight is 248 g/mol. The summed E-state index contributed by atoms with van der Waals surface area (Å²) in [6, 6.07) is 1.88. The molecule has 0 fully saturated rings. The number of anilines is 3. The molecule has 0 aliphatic rings. The van der Waals surface area contributed by atoms with Crippen molar-refractivity contribution >= 4 is 17.8 Å². The highest BCUT2D eigenvalue weighted by Gasteiger charge is 2.05. The summed E-state index contributed by atoms with van der Waals surface area (Å²) in [6.07, 6.45) is 3.64. The van der Waals surface area contributed by atoms with Gasteiger partial charge in [-0.05, 0) is 6.07 Å². The van der Waals surface area contributed by atoms with Crippen molar-refractivity contribution in [2.45, 2.75) is 6.54 Å². The lowest BCUT2D eigenvalue weighted by Gasteiger charge is -2.12. The van der Waals surface area contributed by atoms with Crippen LogP contribution in [0.25, 0.3) is 0 Å². The summed E-state index contributed by atoms with van der Waals surface area (Å²) >= 11 is 0. The Kier molecular flexibility index (Phi) is 3.56. The highest BCUT2D eigenvalue weighted by Crippen LogP contribution is 2.08. The van der Waals surface area contributed by atoms with Crippen LogP contribution in [-0.4, -0.2) is 45.4 Å². The standard InChI is InChI=1S/C10H16N8/c1-17(2)10-15-8(11)14-9(16-10)12-5-7-18-6-3-4-13-18/h3-4,6H,5,7H2,1-2H3,(H3,11,12,14,15,16). The maximum Gasteiger partial charge on any atom is 0.231 e. The van der Waals surface area contributed by atoms with E-state index >= 15 is 0 Å². The van der Waals surface area contributed by atoms with Gasteiger partial charge in [-0.2, -0.15) is 20.1 Å². The van der Waals surface area contributed by atoms with Gasteiger partial charge in [0.15, 0.2) is 0 Å². The van der Waals surface area contributed by atoms with Gasteiger partial charge in [0.1, 0.15) is 0 Å². The van der Waals surface area contributed by atoms with Crippen LogP contribution in [0.1, 0.15) is 0 Å². The van der Waals surface area contributed by atoms with Crippen LogP contribution in [0.5, 0.6) is 0 Å². The summed E-state index contributed by atoms with van der Waals surface area (Å²) in [5, 5.41) is 7.19. The fourth-order valence-corrected chi connectivity index (χ4v) is 1.37. The van der Waals surface area contributed by atoms with Crippen molar-refractivity contribution in [2.75, 3.05) is 36.6 Å². The fraction of sp³-hybridized carbons (Fsp3) is 0.400. The third-order valence-electron chi connectivity index (χ3n) is 2.22. The van der Waals surface area contributed by atoms with Crippen LogP contribution in [0.3, 0.4) is 0 Å². The zero-order chi connectivity index (χ0) is 13.0. The molecule has 18 heavy (non-hydrogen) atoms. The van der Waals surface area contributed by atoms with Gasteiger partial charge in [0.25, 0.3) is 0 Å². The highest BCUT2D eigenvalue weighted by molar-refractivity contribution is 5.40. The maximum atomic E-state index is 5.62. The second kappa shape index (κ2) is 5.30. The highest BCUT2D eigenvalue weighted by atomic mass is 15.3. The molecule has 0 aromatic carbocycles. The van der Waals surface area contributed by atoms with Crippen LogP contribution < -0.4 is 16.0 Å². The van der Waals surface area contributed by atoms with Crippen LogP contribution in [-0.2, 0) is 6.54 Å². The monoisotopic (exact) mass is 248 g/mol. The Morgan fingerprint density at radius 2 is 2.17 bits per heavy atom. The number of nitrogens with zero attached hydrogens (tertiary/aromatic N) is 6. The van der Waals surface area contributed by atoms with Crippen molar-refractivity contribution in [3.63, 3.8) is 0 Å². The molecule has 0 amide bonds. The van der Waals surface area contributed by atoms with Gasteiger partial charge in [-0.15, -0.1) is 0 Å². The molecule has 0 aliphatic heterocycles. The summed E-state index contributed by atoms with van der Waals surface area (Å²) in [5.41, 5.74) is 5.62.